The molecule has 0 N–H and O–H groups in total. The molecule has 2 aromatic carbocycles. The van der Waals surface area contributed by atoms with E-state index in [1.54, 1.807) is 35.2 Å². The molecule has 0 spiro atoms. The average molecular weight is 491 g/mol. The van der Waals surface area contributed by atoms with E-state index in [0.29, 0.717) is 42.3 Å². The number of benzene rings is 2. The zero-order valence-corrected chi connectivity index (χ0v) is 20.5. The zero-order chi connectivity index (χ0) is 24.9. The predicted octanol–water partition coefficient (Wildman–Crippen LogP) is 3.61. The van der Waals surface area contributed by atoms with Gasteiger partial charge in [-0.2, -0.15) is 0 Å². The van der Waals surface area contributed by atoms with Crippen LogP contribution in [-0.4, -0.2) is 63.0 Å². The highest BCUT2D eigenvalue weighted by Gasteiger charge is 2.31. The molecule has 0 saturated carbocycles. The molecular formula is C24H30N2O7S. The van der Waals surface area contributed by atoms with Crippen molar-refractivity contribution in [2.45, 2.75) is 32.1 Å². The summed E-state index contributed by atoms with van der Waals surface area (Å²) >= 11 is 0. The van der Waals surface area contributed by atoms with E-state index in [-0.39, 0.29) is 29.3 Å². The first-order valence-corrected chi connectivity index (χ1v) is 13.2. The maximum absolute atomic E-state index is 13.0. The summed E-state index contributed by atoms with van der Waals surface area (Å²) in [6.45, 7) is 3.36. The number of amides is 1. The summed E-state index contributed by atoms with van der Waals surface area (Å²) in [5.74, 6) is -0.196. The third kappa shape index (κ3) is 6.05. The molecule has 1 aliphatic heterocycles. The van der Waals surface area contributed by atoms with Crippen LogP contribution in [-0.2, 0) is 16.3 Å². The summed E-state index contributed by atoms with van der Waals surface area (Å²) in [6, 6.07) is 9.81. The summed E-state index contributed by atoms with van der Waals surface area (Å²) in [4.78, 5) is 26.1. The summed E-state index contributed by atoms with van der Waals surface area (Å²) in [6.07, 6.45) is 2.95. The summed E-state index contributed by atoms with van der Waals surface area (Å²) in [7, 11) is -1.91. The molecule has 34 heavy (non-hydrogen) atoms. The Balaban J connectivity index is 2.05. The number of ether oxygens (including phenoxy) is 2. The quantitative estimate of drug-likeness (QED) is 0.369. The van der Waals surface area contributed by atoms with Crippen molar-refractivity contribution < 1.29 is 27.6 Å². The van der Waals surface area contributed by atoms with Crippen molar-refractivity contribution >= 4 is 21.4 Å². The highest BCUT2D eigenvalue weighted by molar-refractivity contribution is 7.90. The van der Waals surface area contributed by atoms with Crippen molar-refractivity contribution in [3.8, 4) is 11.5 Å². The fourth-order valence-electron chi connectivity index (χ4n) is 4.35. The van der Waals surface area contributed by atoms with Gasteiger partial charge in [-0.3, -0.25) is 14.9 Å². The molecule has 1 aliphatic rings. The molecule has 0 aromatic heterocycles. The smallest absolute Gasteiger partial charge is 0.285 e. The fraction of sp³-hybridized carbons (Fsp3) is 0.458. The van der Waals surface area contributed by atoms with E-state index < -0.39 is 20.7 Å². The Bertz CT molecular complexity index is 1160. The Labute approximate surface area is 199 Å². The van der Waals surface area contributed by atoms with Crippen molar-refractivity contribution in [2.24, 2.45) is 0 Å². The molecule has 2 aromatic rings. The third-order valence-corrected chi connectivity index (χ3v) is 6.86. The average Bonchev–Trinajstić information content (AvgIpc) is 3.32. The Hall–Kier alpha value is -3.14. The molecule has 1 atom stereocenters. The first-order chi connectivity index (χ1) is 16.1. The number of nitrogens with zero attached hydrogens (tertiary/aromatic N) is 2. The topological polar surface area (TPSA) is 116 Å². The number of hydrogen-bond donors (Lipinski definition) is 0. The van der Waals surface area contributed by atoms with Gasteiger partial charge in [-0.1, -0.05) is 18.2 Å². The first-order valence-electron chi connectivity index (χ1n) is 11.2. The number of likely N-dealkylation sites (tertiary alicyclic amines) is 1. The van der Waals surface area contributed by atoms with Gasteiger partial charge >= 0.3 is 0 Å². The molecule has 0 radical (unpaired) electrons. The maximum atomic E-state index is 13.0. The number of para-hydroxylation sites is 1. The van der Waals surface area contributed by atoms with Crippen LogP contribution in [0.15, 0.2) is 36.4 Å². The largest absolute Gasteiger partial charge is 0.493 e. The summed E-state index contributed by atoms with van der Waals surface area (Å²) in [5.41, 5.74) is 0.737. The van der Waals surface area contributed by atoms with Crippen LogP contribution >= 0.6 is 0 Å². The number of sulfone groups is 1. The zero-order valence-electron chi connectivity index (χ0n) is 19.7. The summed E-state index contributed by atoms with van der Waals surface area (Å²) in [5, 5.41) is 12.1. The molecule has 184 valence electrons. The minimum absolute atomic E-state index is 0.0345. The van der Waals surface area contributed by atoms with Gasteiger partial charge in [-0.05, 0) is 49.9 Å². The molecule has 1 saturated heterocycles. The molecule has 0 unspecified atom stereocenters. The van der Waals surface area contributed by atoms with Crippen LogP contribution in [0.4, 0.5) is 5.69 Å². The molecule has 0 aliphatic carbocycles. The van der Waals surface area contributed by atoms with Crippen molar-refractivity contribution in [2.75, 3.05) is 38.8 Å². The van der Waals surface area contributed by atoms with Gasteiger partial charge in [0, 0.05) is 30.8 Å². The number of rotatable bonds is 10. The van der Waals surface area contributed by atoms with E-state index in [2.05, 4.69) is 0 Å². The Morgan fingerprint density at radius 3 is 2.47 bits per heavy atom. The van der Waals surface area contributed by atoms with E-state index in [4.69, 9.17) is 9.47 Å². The van der Waals surface area contributed by atoms with Crippen LogP contribution in [0.1, 0.15) is 47.2 Å². The second-order valence-corrected chi connectivity index (χ2v) is 10.6. The standard InChI is InChI=1S/C24H30N2O7S/c1-4-33-22-15-17(10-11-21(22)32-2)19(16-34(3,30)31)14-18-8-7-9-20(23(18)26(28)29)24(27)25-12-5-6-13-25/h7-11,15,19H,4-6,12-14,16H2,1-3H3/t19-/m1/s1. The highest BCUT2D eigenvalue weighted by Crippen LogP contribution is 2.35. The molecule has 3 rings (SSSR count). The van der Waals surface area contributed by atoms with Crippen LogP contribution in [0.3, 0.4) is 0 Å². The van der Waals surface area contributed by atoms with Gasteiger partial charge in [-0.15, -0.1) is 0 Å². The number of carbonyl (C=O) groups is 1. The number of hydrogen-bond acceptors (Lipinski definition) is 7. The van der Waals surface area contributed by atoms with E-state index in [1.807, 2.05) is 6.92 Å². The van der Waals surface area contributed by atoms with E-state index in [1.165, 1.54) is 13.2 Å². The normalized spacial score (nSPS) is 14.6. The molecule has 10 heteroatoms. The van der Waals surface area contributed by atoms with Gasteiger partial charge in [0.2, 0.25) is 0 Å². The summed E-state index contributed by atoms with van der Waals surface area (Å²) < 4.78 is 35.5. The van der Waals surface area contributed by atoms with Gasteiger partial charge in [0.15, 0.2) is 11.5 Å². The molecule has 0 bridgehead atoms. The van der Waals surface area contributed by atoms with Crippen LogP contribution in [0, 0.1) is 10.1 Å². The number of nitro benzene ring substituents is 1. The lowest BCUT2D eigenvalue weighted by Gasteiger charge is -2.20. The van der Waals surface area contributed by atoms with Crippen LogP contribution < -0.4 is 9.47 Å². The van der Waals surface area contributed by atoms with Gasteiger partial charge in [0.25, 0.3) is 11.6 Å². The van der Waals surface area contributed by atoms with Crippen molar-refractivity contribution in [1.29, 1.82) is 0 Å². The van der Waals surface area contributed by atoms with Crippen LogP contribution in [0.25, 0.3) is 0 Å². The van der Waals surface area contributed by atoms with Gasteiger partial charge in [0.05, 0.1) is 24.4 Å². The van der Waals surface area contributed by atoms with Crippen molar-refractivity contribution in [3.05, 3.63) is 63.2 Å². The monoisotopic (exact) mass is 490 g/mol. The number of methoxy groups -OCH3 is 1. The van der Waals surface area contributed by atoms with Gasteiger partial charge < -0.3 is 14.4 Å². The van der Waals surface area contributed by atoms with E-state index in [0.717, 1.165) is 19.1 Å². The SMILES string of the molecule is CCOc1cc([C@H](Cc2cccc(C(=O)N3CCCC3)c2[N+](=O)[O-])CS(C)(=O)=O)ccc1OC. The number of nitro groups is 1. The highest BCUT2D eigenvalue weighted by atomic mass is 32.2. The van der Waals surface area contributed by atoms with Crippen LogP contribution in [0.2, 0.25) is 0 Å². The number of carbonyl (C=O) groups excluding carboxylic acids is 1. The first kappa shape index (κ1) is 25.5. The Morgan fingerprint density at radius 1 is 1.18 bits per heavy atom. The lowest BCUT2D eigenvalue weighted by Crippen LogP contribution is -2.28. The Kier molecular flexibility index (Phi) is 8.14. The lowest BCUT2D eigenvalue weighted by molar-refractivity contribution is -0.385. The Morgan fingerprint density at radius 2 is 1.88 bits per heavy atom. The lowest BCUT2D eigenvalue weighted by atomic mass is 9.91. The van der Waals surface area contributed by atoms with E-state index >= 15 is 0 Å². The predicted molar refractivity (Wildman–Crippen MR) is 129 cm³/mol. The molecule has 1 fully saturated rings. The fourth-order valence-corrected chi connectivity index (χ4v) is 5.40. The van der Waals surface area contributed by atoms with E-state index in [9.17, 15) is 23.3 Å². The maximum Gasteiger partial charge on any atom is 0.285 e. The van der Waals surface area contributed by atoms with Crippen molar-refractivity contribution in [1.82, 2.24) is 4.90 Å². The second-order valence-electron chi connectivity index (χ2n) is 8.41. The molecule has 1 amide bonds. The minimum atomic E-state index is -3.42. The molecule has 1 heterocycles. The second kappa shape index (κ2) is 10.9. The minimum Gasteiger partial charge on any atom is -0.493 e. The van der Waals surface area contributed by atoms with Gasteiger partial charge in [-0.25, -0.2) is 8.42 Å². The molecule has 9 nitrogen and oxygen atoms in total. The third-order valence-electron chi connectivity index (χ3n) is 5.86. The van der Waals surface area contributed by atoms with Gasteiger partial charge in [0.1, 0.15) is 15.4 Å². The van der Waals surface area contributed by atoms with Crippen molar-refractivity contribution in [3.63, 3.8) is 0 Å². The molecular weight excluding hydrogens is 460 g/mol. The van der Waals surface area contributed by atoms with Crippen LogP contribution in [0.5, 0.6) is 11.5 Å².